The molecule has 0 amide bonds. The Morgan fingerprint density at radius 2 is 1.81 bits per heavy atom. The zero-order valence-electron chi connectivity index (χ0n) is 17.1. The molecule has 1 aromatic heterocycles. The summed E-state index contributed by atoms with van der Waals surface area (Å²) >= 11 is 0. The SMILES string of the molecule is CCOc1cc2ncc(C#N)c(Nc3ccc(OCc4ccccc4)cc3)c2cc1N. The highest BCUT2D eigenvalue weighted by molar-refractivity contribution is 5.98. The molecule has 0 spiro atoms. The minimum atomic E-state index is 0.431. The van der Waals surface area contributed by atoms with Crippen LogP contribution in [0.2, 0.25) is 0 Å². The number of nitrogen functional groups attached to an aromatic ring is 1. The van der Waals surface area contributed by atoms with Crippen LogP contribution in [-0.2, 0) is 6.61 Å². The second kappa shape index (κ2) is 9.06. The Balaban J connectivity index is 1.58. The molecule has 0 radical (unpaired) electrons. The molecule has 0 aliphatic carbocycles. The predicted octanol–water partition coefficient (Wildman–Crippen LogP) is 5.41. The third-order valence-electron chi connectivity index (χ3n) is 4.79. The summed E-state index contributed by atoms with van der Waals surface area (Å²) in [6.07, 6.45) is 1.55. The molecule has 0 saturated heterocycles. The van der Waals surface area contributed by atoms with Gasteiger partial charge < -0.3 is 20.5 Å². The average Bonchev–Trinajstić information content (AvgIpc) is 2.80. The van der Waals surface area contributed by atoms with Crippen molar-refractivity contribution in [1.82, 2.24) is 4.98 Å². The molecule has 6 heteroatoms. The molecule has 6 nitrogen and oxygen atoms in total. The lowest BCUT2D eigenvalue weighted by molar-refractivity contribution is 0.306. The summed E-state index contributed by atoms with van der Waals surface area (Å²) in [6.45, 7) is 2.91. The van der Waals surface area contributed by atoms with Crippen molar-refractivity contribution in [3.63, 3.8) is 0 Å². The number of pyridine rings is 1. The number of fused-ring (bicyclic) bond motifs is 1. The summed E-state index contributed by atoms with van der Waals surface area (Å²) < 4.78 is 11.4. The van der Waals surface area contributed by atoms with Gasteiger partial charge >= 0.3 is 0 Å². The lowest BCUT2D eigenvalue weighted by Crippen LogP contribution is -2.01. The lowest BCUT2D eigenvalue weighted by atomic mass is 10.1. The summed E-state index contributed by atoms with van der Waals surface area (Å²) in [5.41, 5.74) is 10.4. The van der Waals surface area contributed by atoms with Gasteiger partial charge in [0.1, 0.15) is 24.2 Å². The highest BCUT2D eigenvalue weighted by atomic mass is 16.5. The van der Waals surface area contributed by atoms with Gasteiger partial charge in [0, 0.05) is 23.3 Å². The van der Waals surface area contributed by atoms with E-state index in [2.05, 4.69) is 16.4 Å². The molecule has 0 fully saturated rings. The number of rotatable bonds is 7. The molecule has 4 rings (SSSR count). The van der Waals surface area contributed by atoms with Crippen LogP contribution in [0.5, 0.6) is 11.5 Å². The number of hydrogen-bond donors (Lipinski definition) is 2. The first-order valence-electron chi connectivity index (χ1n) is 9.97. The van der Waals surface area contributed by atoms with Crippen LogP contribution in [0.1, 0.15) is 18.1 Å². The molecular formula is C25H22N4O2. The molecule has 0 atom stereocenters. The van der Waals surface area contributed by atoms with E-state index >= 15 is 0 Å². The highest BCUT2D eigenvalue weighted by Crippen LogP contribution is 2.34. The normalized spacial score (nSPS) is 10.5. The summed E-state index contributed by atoms with van der Waals surface area (Å²) in [5, 5.41) is 13.7. The molecule has 0 saturated carbocycles. The van der Waals surface area contributed by atoms with Gasteiger partial charge in [-0.15, -0.1) is 0 Å². The Kier molecular flexibility index (Phi) is 5.86. The fraction of sp³-hybridized carbons (Fsp3) is 0.120. The number of hydrogen-bond acceptors (Lipinski definition) is 6. The number of nitrogens with two attached hydrogens (primary N) is 1. The van der Waals surface area contributed by atoms with E-state index in [4.69, 9.17) is 15.2 Å². The molecule has 0 bridgehead atoms. The molecule has 3 aromatic carbocycles. The van der Waals surface area contributed by atoms with Crippen molar-refractivity contribution in [3.05, 3.63) is 84.1 Å². The number of anilines is 3. The number of nitrogens with one attached hydrogen (secondary N) is 1. The van der Waals surface area contributed by atoms with E-state index < -0.39 is 0 Å². The molecular weight excluding hydrogens is 388 g/mol. The largest absolute Gasteiger partial charge is 0.492 e. The molecule has 4 aromatic rings. The van der Waals surface area contributed by atoms with Gasteiger partial charge in [0.15, 0.2) is 0 Å². The first-order valence-corrected chi connectivity index (χ1v) is 9.97. The number of benzene rings is 3. The first kappa shape index (κ1) is 20.0. The van der Waals surface area contributed by atoms with Crippen LogP contribution in [0, 0.1) is 11.3 Å². The van der Waals surface area contributed by atoms with E-state index in [1.807, 2.05) is 61.5 Å². The van der Waals surface area contributed by atoms with Crippen LogP contribution in [0.15, 0.2) is 72.9 Å². The van der Waals surface area contributed by atoms with Gasteiger partial charge in [-0.05, 0) is 42.8 Å². The highest BCUT2D eigenvalue weighted by Gasteiger charge is 2.13. The fourth-order valence-electron chi connectivity index (χ4n) is 3.26. The minimum absolute atomic E-state index is 0.431. The van der Waals surface area contributed by atoms with E-state index in [-0.39, 0.29) is 0 Å². The number of aromatic nitrogens is 1. The lowest BCUT2D eigenvalue weighted by Gasteiger charge is -2.14. The van der Waals surface area contributed by atoms with Gasteiger partial charge in [-0.3, -0.25) is 4.98 Å². The number of nitriles is 1. The Hall–Kier alpha value is -4.24. The molecule has 3 N–H and O–H groups in total. The summed E-state index contributed by atoms with van der Waals surface area (Å²) in [7, 11) is 0. The van der Waals surface area contributed by atoms with Crippen LogP contribution in [0.4, 0.5) is 17.1 Å². The van der Waals surface area contributed by atoms with E-state index in [1.165, 1.54) is 0 Å². The molecule has 154 valence electrons. The maximum Gasteiger partial charge on any atom is 0.144 e. The van der Waals surface area contributed by atoms with E-state index in [0.717, 1.165) is 22.4 Å². The van der Waals surface area contributed by atoms with Crippen LogP contribution in [-0.4, -0.2) is 11.6 Å². The van der Waals surface area contributed by atoms with Gasteiger partial charge in [-0.25, -0.2) is 0 Å². The van der Waals surface area contributed by atoms with Gasteiger partial charge in [0.2, 0.25) is 0 Å². The van der Waals surface area contributed by atoms with E-state index in [9.17, 15) is 5.26 Å². The van der Waals surface area contributed by atoms with E-state index in [0.29, 0.717) is 41.4 Å². The van der Waals surface area contributed by atoms with Crippen molar-refractivity contribution in [3.8, 4) is 17.6 Å². The van der Waals surface area contributed by atoms with Crippen molar-refractivity contribution in [2.24, 2.45) is 0 Å². The van der Waals surface area contributed by atoms with Crippen molar-refractivity contribution in [1.29, 1.82) is 5.26 Å². The van der Waals surface area contributed by atoms with Gasteiger partial charge in [0.25, 0.3) is 0 Å². The number of ether oxygens (including phenoxy) is 2. The van der Waals surface area contributed by atoms with Crippen LogP contribution >= 0.6 is 0 Å². The zero-order valence-corrected chi connectivity index (χ0v) is 17.1. The maximum absolute atomic E-state index is 9.58. The average molecular weight is 410 g/mol. The molecule has 1 heterocycles. The number of nitrogens with zero attached hydrogens (tertiary/aromatic N) is 2. The van der Waals surface area contributed by atoms with Gasteiger partial charge in [0.05, 0.1) is 29.1 Å². The smallest absolute Gasteiger partial charge is 0.144 e. The van der Waals surface area contributed by atoms with Crippen LogP contribution < -0.4 is 20.5 Å². The quantitative estimate of drug-likeness (QED) is 0.396. The second-order valence-electron chi connectivity index (χ2n) is 6.92. The molecule has 31 heavy (non-hydrogen) atoms. The Labute approximate surface area is 180 Å². The monoisotopic (exact) mass is 410 g/mol. The topological polar surface area (TPSA) is 93.2 Å². The Bertz CT molecular complexity index is 1230. The van der Waals surface area contributed by atoms with Gasteiger partial charge in [-0.2, -0.15) is 5.26 Å². The third kappa shape index (κ3) is 4.51. The fourth-order valence-corrected chi connectivity index (χ4v) is 3.26. The second-order valence-corrected chi connectivity index (χ2v) is 6.92. The van der Waals surface area contributed by atoms with Crippen molar-refractivity contribution in [2.45, 2.75) is 13.5 Å². The third-order valence-corrected chi connectivity index (χ3v) is 4.79. The molecule has 0 aliphatic heterocycles. The Morgan fingerprint density at radius 3 is 2.52 bits per heavy atom. The van der Waals surface area contributed by atoms with Crippen LogP contribution in [0.25, 0.3) is 10.9 Å². The maximum atomic E-state index is 9.58. The van der Waals surface area contributed by atoms with Crippen molar-refractivity contribution in [2.75, 3.05) is 17.7 Å². The first-order chi connectivity index (χ1) is 15.2. The summed E-state index contributed by atoms with van der Waals surface area (Å²) in [4.78, 5) is 4.39. The van der Waals surface area contributed by atoms with Crippen LogP contribution in [0.3, 0.4) is 0 Å². The molecule has 0 aliphatic rings. The zero-order chi connectivity index (χ0) is 21.6. The van der Waals surface area contributed by atoms with Crippen molar-refractivity contribution >= 4 is 28.0 Å². The predicted molar refractivity (Wildman–Crippen MR) is 123 cm³/mol. The van der Waals surface area contributed by atoms with Gasteiger partial charge in [-0.1, -0.05) is 30.3 Å². The standard InChI is InChI=1S/C25H22N4O2/c1-2-30-24-13-23-21(12-22(24)27)25(18(14-26)15-28-23)29-19-8-10-20(11-9-19)31-16-17-6-4-3-5-7-17/h3-13,15H,2,16,27H2,1H3,(H,28,29). The minimum Gasteiger partial charge on any atom is -0.492 e. The van der Waals surface area contributed by atoms with E-state index in [1.54, 1.807) is 18.3 Å². The summed E-state index contributed by atoms with van der Waals surface area (Å²) in [5.74, 6) is 1.35. The summed E-state index contributed by atoms with van der Waals surface area (Å²) in [6, 6.07) is 23.4. The van der Waals surface area contributed by atoms with Crippen molar-refractivity contribution < 1.29 is 9.47 Å². The Morgan fingerprint density at radius 1 is 1.03 bits per heavy atom. The molecule has 0 unspecified atom stereocenters.